The lowest BCUT2D eigenvalue weighted by Crippen LogP contribution is -2.32. The number of benzene rings is 2. The van der Waals surface area contributed by atoms with Crippen LogP contribution in [0.15, 0.2) is 46.9 Å². The molecule has 2 aromatic carbocycles. The van der Waals surface area contributed by atoms with Crippen molar-refractivity contribution in [3.05, 3.63) is 69.4 Å². The monoisotopic (exact) mass is 407 g/mol. The minimum atomic E-state index is -0.689. The fraction of sp³-hybridized carbons (Fsp3) is 0.263. The van der Waals surface area contributed by atoms with Crippen molar-refractivity contribution >= 4 is 27.8 Å². The second kappa shape index (κ2) is 8.76. The standard InChI is InChI=1S/C19H19BrFNO3/c1-3-17(13-6-4-12(2)5-7-13)22-18(23)11-25-19(24)15-9-8-14(21)10-16(15)20/h4-10,17H,3,11H2,1-2H3,(H,22,23)/t17-/m1/s1. The maximum Gasteiger partial charge on any atom is 0.339 e. The molecule has 0 bridgehead atoms. The van der Waals surface area contributed by atoms with E-state index in [9.17, 15) is 14.0 Å². The molecule has 0 spiro atoms. The van der Waals surface area contributed by atoms with Crippen LogP contribution in [-0.4, -0.2) is 18.5 Å². The highest BCUT2D eigenvalue weighted by Crippen LogP contribution is 2.19. The second-order valence-electron chi connectivity index (χ2n) is 5.64. The second-order valence-corrected chi connectivity index (χ2v) is 6.49. The number of nitrogens with one attached hydrogen (secondary N) is 1. The van der Waals surface area contributed by atoms with E-state index in [-0.39, 0.29) is 22.0 Å². The van der Waals surface area contributed by atoms with Gasteiger partial charge in [-0.05, 0) is 53.0 Å². The van der Waals surface area contributed by atoms with E-state index in [4.69, 9.17) is 4.74 Å². The summed E-state index contributed by atoms with van der Waals surface area (Å²) in [6.07, 6.45) is 0.715. The summed E-state index contributed by atoms with van der Waals surface area (Å²) in [5, 5.41) is 2.85. The smallest absolute Gasteiger partial charge is 0.339 e. The van der Waals surface area contributed by atoms with Gasteiger partial charge in [0.05, 0.1) is 11.6 Å². The number of carbonyl (C=O) groups is 2. The molecule has 0 aromatic heterocycles. The molecule has 0 unspecified atom stereocenters. The summed E-state index contributed by atoms with van der Waals surface area (Å²) in [7, 11) is 0. The van der Waals surface area contributed by atoms with Gasteiger partial charge in [-0.3, -0.25) is 4.79 Å². The Labute approximate surface area is 154 Å². The first-order valence-corrected chi connectivity index (χ1v) is 8.68. The van der Waals surface area contributed by atoms with Crippen molar-refractivity contribution in [2.45, 2.75) is 26.3 Å². The number of carbonyl (C=O) groups excluding carboxylic acids is 2. The van der Waals surface area contributed by atoms with Gasteiger partial charge in [0.15, 0.2) is 6.61 Å². The van der Waals surface area contributed by atoms with E-state index < -0.39 is 18.4 Å². The number of aryl methyl sites for hydroxylation is 1. The molecule has 25 heavy (non-hydrogen) atoms. The molecule has 1 N–H and O–H groups in total. The summed E-state index contributed by atoms with van der Waals surface area (Å²) < 4.78 is 18.3. The molecule has 4 nitrogen and oxygen atoms in total. The zero-order valence-electron chi connectivity index (χ0n) is 14.0. The lowest BCUT2D eigenvalue weighted by atomic mass is 10.0. The molecule has 132 valence electrons. The third-order valence-corrected chi connectivity index (χ3v) is 4.36. The molecular formula is C19H19BrFNO3. The Balaban J connectivity index is 1.92. The van der Waals surface area contributed by atoms with Gasteiger partial charge in [0.2, 0.25) is 0 Å². The van der Waals surface area contributed by atoms with Crippen molar-refractivity contribution in [3.63, 3.8) is 0 Å². The van der Waals surface area contributed by atoms with Crippen LogP contribution in [0.2, 0.25) is 0 Å². The number of rotatable bonds is 6. The Morgan fingerprint density at radius 3 is 2.48 bits per heavy atom. The topological polar surface area (TPSA) is 55.4 Å². The first-order chi connectivity index (χ1) is 11.9. The highest BCUT2D eigenvalue weighted by Gasteiger charge is 2.16. The Morgan fingerprint density at radius 2 is 1.88 bits per heavy atom. The first kappa shape index (κ1) is 19.1. The molecule has 2 aromatic rings. The van der Waals surface area contributed by atoms with Crippen LogP contribution >= 0.6 is 15.9 Å². The van der Waals surface area contributed by atoms with Crippen LogP contribution in [0, 0.1) is 12.7 Å². The van der Waals surface area contributed by atoms with Crippen molar-refractivity contribution in [3.8, 4) is 0 Å². The van der Waals surface area contributed by atoms with Gasteiger partial charge in [0.25, 0.3) is 5.91 Å². The quantitative estimate of drug-likeness (QED) is 0.725. The minimum absolute atomic E-state index is 0.149. The number of hydrogen-bond acceptors (Lipinski definition) is 3. The van der Waals surface area contributed by atoms with Gasteiger partial charge in [-0.1, -0.05) is 36.8 Å². The van der Waals surface area contributed by atoms with E-state index in [1.807, 2.05) is 38.1 Å². The summed E-state index contributed by atoms with van der Waals surface area (Å²) in [5.74, 6) is -1.55. The van der Waals surface area contributed by atoms with E-state index in [1.165, 1.54) is 12.1 Å². The predicted molar refractivity (Wildman–Crippen MR) is 96.7 cm³/mol. The molecule has 0 heterocycles. The summed E-state index contributed by atoms with van der Waals surface area (Å²) in [5.41, 5.74) is 2.30. The van der Waals surface area contributed by atoms with Crippen molar-refractivity contribution in [1.29, 1.82) is 0 Å². The van der Waals surface area contributed by atoms with Crippen molar-refractivity contribution in [2.24, 2.45) is 0 Å². The van der Waals surface area contributed by atoms with Crippen LogP contribution in [0.3, 0.4) is 0 Å². The predicted octanol–water partition coefficient (Wildman–Crippen LogP) is 4.32. The van der Waals surface area contributed by atoms with E-state index in [0.717, 1.165) is 17.2 Å². The zero-order valence-corrected chi connectivity index (χ0v) is 15.6. The van der Waals surface area contributed by atoms with E-state index >= 15 is 0 Å². The molecule has 1 atom stereocenters. The average Bonchev–Trinajstić information content (AvgIpc) is 2.58. The maximum atomic E-state index is 13.0. The van der Waals surface area contributed by atoms with Crippen molar-refractivity contribution in [1.82, 2.24) is 5.32 Å². The van der Waals surface area contributed by atoms with Gasteiger partial charge in [0, 0.05) is 4.47 Å². The van der Waals surface area contributed by atoms with Crippen molar-refractivity contribution < 1.29 is 18.7 Å². The van der Waals surface area contributed by atoms with Gasteiger partial charge in [-0.2, -0.15) is 0 Å². The molecule has 0 aliphatic carbocycles. The van der Waals surface area contributed by atoms with Crippen LogP contribution in [-0.2, 0) is 9.53 Å². The Hall–Kier alpha value is -2.21. The Bertz CT molecular complexity index is 762. The fourth-order valence-corrected chi connectivity index (χ4v) is 2.83. The van der Waals surface area contributed by atoms with Gasteiger partial charge in [-0.25, -0.2) is 9.18 Å². The normalized spacial score (nSPS) is 11.7. The van der Waals surface area contributed by atoms with Gasteiger partial charge >= 0.3 is 5.97 Å². The molecule has 1 amide bonds. The third kappa shape index (κ3) is 5.39. The summed E-state index contributed by atoms with van der Waals surface area (Å²) >= 11 is 3.10. The molecule has 0 radical (unpaired) electrons. The van der Waals surface area contributed by atoms with Gasteiger partial charge in [0.1, 0.15) is 5.82 Å². The summed E-state index contributed by atoms with van der Waals surface area (Å²) in [6.45, 7) is 3.56. The molecule has 0 aliphatic rings. The molecule has 0 fully saturated rings. The zero-order chi connectivity index (χ0) is 18.4. The van der Waals surface area contributed by atoms with E-state index in [1.54, 1.807) is 0 Å². The van der Waals surface area contributed by atoms with Crippen LogP contribution in [0.5, 0.6) is 0 Å². The molecule has 0 aliphatic heterocycles. The Kier molecular flexibility index (Phi) is 6.70. The number of amides is 1. The number of halogens is 2. The van der Waals surface area contributed by atoms with Crippen LogP contribution in [0.4, 0.5) is 4.39 Å². The van der Waals surface area contributed by atoms with Crippen LogP contribution in [0.1, 0.15) is 40.9 Å². The minimum Gasteiger partial charge on any atom is -0.452 e. The molecule has 0 saturated carbocycles. The first-order valence-electron chi connectivity index (χ1n) is 7.88. The van der Waals surface area contributed by atoms with E-state index in [0.29, 0.717) is 6.42 Å². The van der Waals surface area contributed by atoms with Gasteiger partial charge < -0.3 is 10.1 Å². The SMILES string of the molecule is CC[C@@H](NC(=O)COC(=O)c1ccc(F)cc1Br)c1ccc(C)cc1. The van der Waals surface area contributed by atoms with E-state index in [2.05, 4.69) is 21.2 Å². The van der Waals surface area contributed by atoms with Crippen LogP contribution in [0.25, 0.3) is 0 Å². The number of esters is 1. The van der Waals surface area contributed by atoms with Crippen molar-refractivity contribution in [2.75, 3.05) is 6.61 Å². The number of hydrogen-bond donors (Lipinski definition) is 1. The summed E-state index contributed by atoms with van der Waals surface area (Å²) in [6, 6.07) is 11.4. The molecule has 6 heteroatoms. The highest BCUT2D eigenvalue weighted by atomic mass is 79.9. The van der Waals surface area contributed by atoms with Crippen LogP contribution < -0.4 is 5.32 Å². The molecule has 0 saturated heterocycles. The summed E-state index contributed by atoms with van der Waals surface area (Å²) in [4.78, 5) is 24.1. The Morgan fingerprint density at radius 1 is 1.20 bits per heavy atom. The molecule has 2 rings (SSSR count). The fourth-order valence-electron chi connectivity index (χ4n) is 2.32. The third-order valence-electron chi connectivity index (χ3n) is 3.71. The highest BCUT2D eigenvalue weighted by molar-refractivity contribution is 9.10. The lowest BCUT2D eigenvalue weighted by Gasteiger charge is -2.17. The lowest BCUT2D eigenvalue weighted by molar-refractivity contribution is -0.125. The largest absolute Gasteiger partial charge is 0.452 e. The number of ether oxygens (including phenoxy) is 1. The maximum absolute atomic E-state index is 13.0. The molecular weight excluding hydrogens is 389 g/mol. The average molecular weight is 408 g/mol. The van der Waals surface area contributed by atoms with Gasteiger partial charge in [-0.15, -0.1) is 0 Å².